The minimum Gasteiger partial charge on any atom is -0.299 e. The third kappa shape index (κ3) is 3.27. The van der Waals surface area contributed by atoms with Gasteiger partial charge in [0.2, 0.25) is 5.69 Å². The van der Waals surface area contributed by atoms with E-state index in [-0.39, 0.29) is 23.4 Å². The highest BCUT2D eigenvalue weighted by Crippen LogP contribution is 2.32. The normalized spacial score (nSPS) is 19.0. The molecule has 0 amide bonds. The van der Waals surface area contributed by atoms with Gasteiger partial charge in [0.15, 0.2) is 5.82 Å². The van der Waals surface area contributed by atoms with Gasteiger partial charge in [-0.3, -0.25) is 24.1 Å². The Bertz CT molecular complexity index is 816. The van der Waals surface area contributed by atoms with Crippen molar-refractivity contribution in [2.24, 2.45) is 29.8 Å². The van der Waals surface area contributed by atoms with Crippen LogP contribution in [0.2, 0.25) is 0 Å². The summed E-state index contributed by atoms with van der Waals surface area (Å²) in [6, 6.07) is 0. The molecular formula is C14H19N5O4. The summed E-state index contributed by atoms with van der Waals surface area (Å²) in [6.07, 6.45) is 1.30. The van der Waals surface area contributed by atoms with Gasteiger partial charge in [0.1, 0.15) is 5.78 Å². The lowest BCUT2D eigenvalue weighted by Gasteiger charge is -2.29. The summed E-state index contributed by atoms with van der Waals surface area (Å²) >= 11 is 0. The Hall–Kier alpha value is -2.58. The first-order valence-electron chi connectivity index (χ1n) is 7.13. The number of nitroso groups, excluding NO2 is 1. The maximum absolute atomic E-state index is 11.9. The summed E-state index contributed by atoms with van der Waals surface area (Å²) in [5, 5.41) is 6.82. The molecule has 1 aromatic heterocycles. The van der Waals surface area contributed by atoms with E-state index in [1.807, 2.05) is 13.8 Å². The summed E-state index contributed by atoms with van der Waals surface area (Å²) in [5.41, 5.74) is 1.14. The third-order valence-corrected chi connectivity index (χ3v) is 3.81. The van der Waals surface area contributed by atoms with E-state index in [1.54, 1.807) is 0 Å². The highest BCUT2D eigenvalue weighted by Gasteiger charge is 2.30. The van der Waals surface area contributed by atoms with Gasteiger partial charge in [-0.25, -0.2) is 4.79 Å². The molecule has 0 aliphatic heterocycles. The average Bonchev–Trinajstić information content (AvgIpc) is 2.45. The van der Waals surface area contributed by atoms with Crippen molar-refractivity contribution < 1.29 is 4.79 Å². The SMILES string of the molecule is Cn1c(N/N=C2\CC(=O)CC(C)(C)C2)c(N=O)c(=O)n(C)c1=O. The number of Topliss-reactive ketones (excluding diaryl/α,β-unsaturated/α-hetero) is 1. The number of hydrazone groups is 1. The van der Waals surface area contributed by atoms with Gasteiger partial charge in [-0.05, 0) is 17.0 Å². The number of rotatable bonds is 3. The van der Waals surface area contributed by atoms with E-state index in [4.69, 9.17) is 0 Å². The lowest BCUT2D eigenvalue weighted by Crippen LogP contribution is -2.37. The lowest BCUT2D eigenvalue weighted by atomic mass is 9.76. The molecule has 1 heterocycles. The first kappa shape index (κ1) is 16.8. The zero-order valence-corrected chi connectivity index (χ0v) is 13.5. The predicted octanol–water partition coefficient (Wildman–Crippen LogP) is 1.03. The smallest absolute Gasteiger partial charge is 0.299 e. The minimum atomic E-state index is -0.800. The van der Waals surface area contributed by atoms with E-state index in [1.165, 1.54) is 14.1 Å². The van der Waals surface area contributed by atoms with Gasteiger partial charge < -0.3 is 0 Å². The molecule has 2 rings (SSSR count). The van der Waals surface area contributed by atoms with Crippen molar-refractivity contribution in [3.05, 3.63) is 25.7 Å². The number of ketones is 1. The van der Waals surface area contributed by atoms with Crippen LogP contribution in [0.5, 0.6) is 0 Å². The number of hydrogen-bond acceptors (Lipinski definition) is 7. The van der Waals surface area contributed by atoms with E-state index in [0.29, 0.717) is 18.6 Å². The number of carbonyl (C=O) groups excluding carboxylic acids is 1. The first-order valence-corrected chi connectivity index (χ1v) is 7.13. The second-order valence-electron chi connectivity index (χ2n) is 6.52. The summed E-state index contributed by atoms with van der Waals surface area (Å²) in [4.78, 5) is 46.5. The van der Waals surface area contributed by atoms with Crippen molar-refractivity contribution in [2.45, 2.75) is 33.1 Å². The molecule has 0 atom stereocenters. The van der Waals surface area contributed by atoms with E-state index in [9.17, 15) is 19.3 Å². The van der Waals surface area contributed by atoms with E-state index in [0.717, 1.165) is 9.13 Å². The van der Waals surface area contributed by atoms with Gasteiger partial charge in [-0.1, -0.05) is 13.8 Å². The summed E-state index contributed by atoms with van der Waals surface area (Å²) in [5.74, 6) is -0.00942. The first-order chi connectivity index (χ1) is 10.7. The van der Waals surface area contributed by atoms with Gasteiger partial charge in [0.25, 0.3) is 5.56 Å². The largest absolute Gasteiger partial charge is 0.332 e. The average molecular weight is 321 g/mol. The van der Waals surface area contributed by atoms with E-state index < -0.39 is 16.9 Å². The van der Waals surface area contributed by atoms with Crippen LogP contribution in [0.3, 0.4) is 0 Å². The summed E-state index contributed by atoms with van der Waals surface area (Å²) in [7, 11) is 2.66. The van der Waals surface area contributed by atoms with Crippen LogP contribution in [0.25, 0.3) is 0 Å². The summed E-state index contributed by atoms with van der Waals surface area (Å²) in [6.45, 7) is 3.93. The molecule has 9 heteroatoms. The van der Waals surface area contributed by atoms with Gasteiger partial charge in [0.05, 0.1) is 0 Å². The maximum atomic E-state index is 11.9. The fraction of sp³-hybridized carbons (Fsp3) is 0.571. The van der Waals surface area contributed by atoms with Crippen LogP contribution in [0, 0.1) is 10.3 Å². The van der Waals surface area contributed by atoms with Crippen molar-refractivity contribution in [1.82, 2.24) is 9.13 Å². The fourth-order valence-corrected chi connectivity index (χ4v) is 2.75. The minimum absolute atomic E-state index is 0.0772. The maximum Gasteiger partial charge on any atom is 0.332 e. The molecule has 0 spiro atoms. The van der Waals surface area contributed by atoms with Crippen LogP contribution in [0.15, 0.2) is 19.9 Å². The zero-order chi connectivity index (χ0) is 17.4. The van der Waals surface area contributed by atoms with Gasteiger partial charge in [0, 0.05) is 32.6 Å². The Kier molecular flexibility index (Phi) is 4.31. The van der Waals surface area contributed by atoms with Crippen molar-refractivity contribution in [3.63, 3.8) is 0 Å². The number of aromatic nitrogens is 2. The van der Waals surface area contributed by atoms with Crippen LogP contribution in [0.4, 0.5) is 11.5 Å². The van der Waals surface area contributed by atoms with Gasteiger partial charge >= 0.3 is 5.69 Å². The molecule has 124 valence electrons. The predicted molar refractivity (Wildman–Crippen MR) is 86.1 cm³/mol. The second-order valence-corrected chi connectivity index (χ2v) is 6.52. The molecule has 23 heavy (non-hydrogen) atoms. The second kappa shape index (κ2) is 5.90. The Labute approximate surface area is 132 Å². The number of hydrogen-bond donors (Lipinski definition) is 1. The van der Waals surface area contributed by atoms with Crippen molar-refractivity contribution in [3.8, 4) is 0 Å². The van der Waals surface area contributed by atoms with Crippen LogP contribution in [0.1, 0.15) is 33.1 Å². The molecule has 9 nitrogen and oxygen atoms in total. The molecule has 0 radical (unpaired) electrons. The molecule has 1 aromatic rings. The van der Waals surface area contributed by atoms with Crippen LogP contribution in [-0.4, -0.2) is 20.6 Å². The molecule has 1 aliphatic carbocycles. The molecule has 0 bridgehead atoms. The molecule has 0 unspecified atom stereocenters. The third-order valence-electron chi connectivity index (χ3n) is 3.81. The highest BCUT2D eigenvalue weighted by molar-refractivity contribution is 6.05. The Morgan fingerprint density at radius 1 is 1.09 bits per heavy atom. The highest BCUT2D eigenvalue weighted by atomic mass is 16.3. The number of nitrogens with zero attached hydrogens (tertiary/aromatic N) is 4. The number of carbonyl (C=O) groups is 1. The topological polar surface area (TPSA) is 115 Å². The van der Waals surface area contributed by atoms with Crippen LogP contribution >= 0.6 is 0 Å². The van der Waals surface area contributed by atoms with Crippen molar-refractivity contribution in [1.29, 1.82) is 0 Å². The molecule has 0 aromatic carbocycles. The van der Waals surface area contributed by atoms with Crippen molar-refractivity contribution in [2.75, 3.05) is 5.43 Å². The Morgan fingerprint density at radius 3 is 2.30 bits per heavy atom. The Balaban J connectivity index is 2.43. The van der Waals surface area contributed by atoms with Crippen LogP contribution < -0.4 is 16.7 Å². The molecule has 1 saturated carbocycles. The molecule has 1 N–H and O–H groups in total. The van der Waals surface area contributed by atoms with E-state index >= 15 is 0 Å². The standard InChI is InChI=1S/C14H19N5O4/c1-14(2)6-8(5-9(20)7-14)15-16-11-10(17-23)12(21)19(4)13(22)18(11)3/h16H,5-7H2,1-4H3/b15-8+. The molecule has 0 saturated heterocycles. The van der Waals surface area contributed by atoms with Crippen molar-refractivity contribution >= 4 is 23.0 Å². The molecule has 1 aliphatic rings. The molecule has 1 fully saturated rings. The van der Waals surface area contributed by atoms with Crippen LogP contribution in [-0.2, 0) is 18.9 Å². The fourth-order valence-electron chi connectivity index (χ4n) is 2.75. The van der Waals surface area contributed by atoms with Gasteiger partial charge in [-0.2, -0.15) is 5.10 Å². The lowest BCUT2D eigenvalue weighted by molar-refractivity contribution is -0.120. The van der Waals surface area contributed by atoms with E-state index in [2.05, 4.69) is 15.7 Å². The number of anilines is 1. The van der Waals surface area contributed by atoms with Gasteiger partial charge in [-0.15, -0.1) is 4.91 Å². The zero-order valence-electron chi connectivity index (χ0n) is 13.5. The summed E-state index contributed by atoms with van der Waals surface area (Å²) < 4.78 is 1.88. The molecular weight excluding hydrogens is 302 g/mol. The monoisotopic (exact) mass is 321 g/mol. The Morgan fingerprint density at radius 2 is 1.74 bits per heavy atom. The quantitative estimate of drug-likeness (QED) is 0.659. The number of nitrogens with one attached hydrogen (secondary N) is 1.